The average molecular weight is 356 g/mol. The topological polar surface area (TPSA) is 79.8 Å². The molecule has 1 unspecified atom stereocenters. The monoisotopic (exact) mass is 356 g/mol. The SMILES string of the molecule is CCC(NC(=O)c1cc(=O)n(-c2ccccc2)[nH]1)c1nc(C)c(C)s1. The van der Waals surface area contributed by atoms with Gasteiger partial charge in [-0.15, -0.1) is 11.3 Å². The molecule has 0 aliphatic carbocycles. The Hall–Kier alpha value is -2.67. The quantitative estimate of drug-likeness (QED) is 0.737. The molecule has 2 aromatic heterocycles. The first-order chi connectivity index (χ1) is 12.0. The number of aromatic amines is 1. The molecule has 2 heterocycles. The molecule has 1 aromatic carbocycles. The van der Waals surface area contributed by atoms with Crippen molar-refractivity contribution in [3.05, 3.63) is 68.0 Å². The Labute approximate surface area is 149 Å². The van der Waals surface area contributed by atoms with Gasteiger partial charge in [-0.25, -0.2) is 9.67 Å². The van der Waals surface area contributed by atoms with Crippen molar-refractivity contribution in [1.29, 1.82) is 0 Å². The Morgan fingerprint density at radius 1 is 1.32 bits per heavy atom. The first kappa shape index (κ1) is 17.2. The minimum atomic E-state index is -0.316. The molecular weight excluding hydrogens is 336 g/mol. The molecule has 3 aromatic rings. The number of carbonyl (C=O) groups excluding carboxylic acids is 1. The van der Waals surface area contributed by atoms with Gasteiger partial charge in [0.15, 0.2) is 0 Å². The lowest BCUT2D eigenvalue weighted by atomic mass is 10.2. The van der Waals surface area contributed by atoms with E-state index in [0.29, 0.717) is 5.69 Å². The van der Waals surface area contributed by atoms with Gasteiger partial charge in [0.05, 0.1) is 17.4 Å². The van der Waals surface area contributed by atoms with Crippen LogP contribution in [-0.4, -0.2) is 20.7 Å². The van der Waals surface area contributed by atoms with Gasteiger partial charge in [-0.1, -0.05) is 25.1 Å². The van der Waals surface area contributed by atoms with Gasteiger partial charge in [0.2, 0.25) is 0 Å². The van der Waals surface area contributed by atoms with Crippen LogP contribution >= 0.6 is 11.3 Å². The van der Waals surface area contributed by atoms with Gasteiger partial charge in [-0.05, 0) is 32.4 Å². The molecule has 3 rings (SSSR count). The lowest BCUT2D eigenvalue weighted by Crippen LogP contribution is -2.28. The van der Waals surface area contributed by atoms with Crippen LogP contribution in [0.4, 0.5) is 0 Å². The third kappa shape index (κ3) is 3.56. The van der Waals surface area contributed by atoms with Crippen LogP contribution in [0.25, 0.3) is 5.69 Å². The summed E-state index contributed by atoms with van der Waals surface area (Å²) < 4.78 is 1.35. The summed E-state index contributed by atoms with van der Waals surface area (Å²) in [6.07, 6.45) is 0.724. The van der Waals surface area contributed by atoms with Crippen molar-refractivity contribution in [2.45, 2.75) is 33.2 Å². The highest BCUT2D eigenvalue weighted by molar-refractivity contribution is 7.11. The predicted octanol–water partition coefficient (Wildman–Crippen LogP) is 3.12. The van der Waals surface area contributed by atoms with E-state index in [9.17, 15) is 9.59 Å². The summed E-state index contributed by atoms with van der Waals surface area (Å²) in [5, 5.41) is 6.71. The largest absolute Gasteiger partial charge is 0.341 e. The zero-order valence-corrected chi connectivity index (χ0v) is 15.2. The van der Waals surface area contributed by atoms with Crippen molar-refractivity contribution in [3.63, 3.8) is 0 Å². The maximum Gasteiger partial charge on any atom is 0.271 e. The number of aromatic nitrogens is 3. The second-order valence-electron chi connectivity index (χ2n) is 5.81. The molecular formula is C18H20N4O2S. The number of para-hydroxylation sites is 1. The summed E-state index contributed by atoms with van der Waals surface area (Å²) in [7, 11) is 0. The molecule has 25 heavy (non-hydrogen) atoms. The van der Waals surface area contributed by atoms with Crippen molar-refractivity contribution in [1.82, 2.24) is 20.1 Å². The first-order valence-electron chi connectivity index (χ1n) is 8.12. The molecule has 0 bridgehead atoms. The molecule has 2 N–H and O–H groups in total. The number of aryl methyl sites for hydroxylation is 2. The van der Waals surface area contributed by atoms with E-state index in [4.69, 9.17) is 0 Å². The minimum Gasteiger partial charge on any atom is -0.341 e. The third-order valence-corrected chi connectivity index (χ3v) is 5.22. The highest BCUT2D eigenvalue weighted by Crippen LogP contribution is 2.25. The number of rotatable bonds is 5. The highest BCUT2D eigenvalue weighted by Gasteiger charge is 2.20. The number of thiazole rings is 1. The van der Waals surface area contributed by atoms with Crippen molar-refractivity contribution >= 4 is 17.2 Å². The number of benzene rings is 1. The lowest BCUT2D eigenvalue weighted by molar-refractivity contribution is 0.0930. The fourth-order valence-electron chi connectivity index (χ4n) is 2.50. The van der Waals surface area contributed by atoms with Crippen molar-refractivity contribution in [3.8, 4) is 5.69 Å². The first-order valence-corrected chi connectivity index (χ1v) is 8.93. The number of nitrogens with zero attached hydrogens (tertiary/aromatic N) is 2. The molecule has 0 spiro atoms. The number of hydrogen-bond donors (Lipinski definition) is 2. The van der Waals surface area contributed by atoms with E-state index in [-0.39, 0.29) is 23.2 Å². The van der Waals surface area contributed by atoms with Crippen LogP contribution in [0.1, 0.15) is 45.5 Å². The van der Waals surface area contributed by atoms with E-state index in [1.165, 1.54) is 10.7 Å². The average Bonchev–Trinajstić information content (AvgIpc) is 3.16. The molecule has 0 aliphatic rings. The summed E-state index contributed by atoms with van der Waals surface area (Å²) in [6.45, 7) is 5.97. The van der Waals surface area contributed by atoms with Crippen LogP contribution in [0.3, 0.4) is 0 Å². The Bertz CT molecular complexity index is 920. The van der Waals surface area contributed by atoms with Gasteiger partial charge in [-0.3, -0.25) is 14.7 Å². The van der Waals surface area contributed by atoms with Gasteiger partial charge < -0.3 is 5.32 Å². The normalized spacial score (nSPS) is 12.1. The molecule has 0 saturated carbocycles. The number of carbonyl (C=O) groups is 1. The number of nitrogens with one attached hydrogen (secondary N) is 2. The third-order valence-electron chi connectivity index (χ3n) is 4.04. The summed E-state index contributed by atoms with van der Waals surface area (Å²) in [5.74, 6) is -0.316. The van der Waals surface area contributed by atoms with E-state index >= 15 is 0 Å². The molecule has 1 amide bonds. The minimum absolute atomic E-state index is 0.173. The van der Waals surface area contributed by atoms with Gasteiger partial charge in [0, 0.05) is 10.9 Å². The van der Waals surface area contributed by atoms with E-state index in [2.05, 4.69) is 15.4 Å². The van der Waals surface area contributed by atoms with Crippen molar-refractivity contribution < 1.29 is 4.79 Å². The van der Waals surface area contributed by atoms with Crippen molar-refractivity contribution in [2.75, 3.05) is 0 Å². The van der Waals surface area contributed by atoms with Gasteiger partial charge in [0.25, 0.3) is 11.5 Å². The molecule has 130 valence electrons. The summed E-state index contributed by atoms with van der Waals surface area (Å²) in [4.78, 5) is 30.4. The molecule has 0 saturated heterocycles. The molecule has 6 nitrogen and oxygen atoms in total. The fraction of sp³-hybridized carbons (Fsp3) is 0.278. The zero-order chi connectivity index (χ0) is 18.0. The predicted molar refractivity (Wildman–Crippen MR) is 98.5 cm³/mol. The van der Waals surface area contributed by atoms with Gasteiger partial charge in [0.1, 0.15) is 10.7 Å². The van der Waals surface area contributed by atoms with Crippen LogP contribution in [0, 0.1) is 13.8 Å². The Balaban J connectivity index is 1.82. The zero-order valence-electron chi connectivity index (χ0n) is 14.4. The highest BCUT2D eigenvalue weighted by atomic mass is 32.1. The smallest absolute Gasteiger partial charge is 0.271 e. The second kappa shape index (κ2) is 7.06. The van der Waals surface area contributed by atoms with Gasteiger partial charge >= 0.3 is 0 Å². The van der Waals surface area contributed by atoms with E-state index in [1.54, 1.807) is 23.5 Å². The Morgan fingerprint density at radius 2 is 2.04 bits per heavy atom. The van der Waals surface area contributed by atoms with Crippen LogP contribution in [-0.2, 0) is 0 Å². The number of hydrogen-bond acceptors (Lipinski definition) is 4. The molecule has 0 radical (unpaired) electrons. The summed E-state index contributed by atoms with van der Waals surface area (Å²) in [5.41, 5.74) is 1.63. The van der Waals surface area contributed by atoms with Crippen LogP contribution in [0.5, 0.6) is 0 Å². The molecule has 7 heteroatoms. The molecule has 0 aliphatic heterocycles. The number of H-pyrrole nitrogens is 1. The van der Waals surface area contributed by atoms with Crippen LogP contribution in [0.2, 0.25) is 0 Å². The summed E-state index contributed by atoms with van der Waals surface area (Å²) in [6, 6.07) is 10.3. The molecule has 1 atom stereocenters. The van der Waals surface area contributed by atoms with Crippen molar-refractivity contribution in [2.24, 2.45) is 0 Å². The molecule has 0 fully saturated rings. The maximum absolute atomic E-state index is 12.6. The lowest BCUT2D eigenvalue weighted by Gasteiger charge is -2.13. The summed E-state index contributed by atoms with van der Waals surface area (Å²) >= 11 is 1.59. The Morgan fingerprint density at radius 3 is 2.64 bits per heavy atom. The second-order valence-corrected chi connectivity index (χ2v) is 7.04. The Kier molecular flexibility index (Phi) is 4.85. The standard InChI is InChI=1S/C18H20N4O2S/c1-4-14(18-19-11(2)12(3)25-18)20-17(24)15-10-16(23)22(21-15)13-8-6-5-7-9-13/h5-10,14,21H,4H2,1-3H3,(H,20,24). The maximum atomic E-state index is 12.6. The number of amides is 1. The van der Waals surface area contributed by atoms with Crippen LogP contribution < -0.4 is 10.9 Å². The van der Waals surface area contributed by atoms with E-state index in [0.717, 1.165) is 22.0 Å². The van der Waals surface area contributed by atoms with Crippen LogP contribution in [0.15, 0.2) is 41.2 Å². The van der Waals surface area contributed by atoms with Gasteiger partial charge in [-0.2, -0.15) is 0 Å². The van der Waals surface area contributed by atoms with E-state index < -0.39 is 0 Å². The van der Waals surface area contributed by atoms with E-state index in [1.807, 2.05) is 39.0 Å². The fourth-order valence-corrected chi connectivity index (χ4v) is 3.56.